The average molecular weight is 613 g/mol. The van der Waals surface area contributed by atoms with E-state index in [4.69, 9.17) is 9.26 Å². The number of halogens is 2. The lowest BCUT2D eigenvalue weighted by molar-refractivity contribution is -0.142. The zero-order valence-corrected chi connectivity index (χ0v) is 23.5. The highest BCUT2D eigenvalue weighted by molar-refractivity contribution is 9.10. The predicted molar refractivity (Wildman–Crippen MR) is 143 cm³/mol. The van der Waals surface area contributed by atoms with E-state index in [-0.39, 0.29) is 63.4 Å². The summed E-state index contributed by atoms with van der Waals surface area (Å²) in [5.74, 6) is -5.30. The maximum atomic E-state index is 15.3. The first-order chi connectivity index (χ1) is 19.0. The van der Waals surface area contributed by atoms with E-state index in [9.17, 15) is 24.9 Å². The van der Waals surface area contributed by atoms with Crippen LogP contribution in [0.25, 0.3) is 5.76 Å². The van der Waals surface area contributed by atoms with E-state index in [0.717, 1.165) is 5.56 Å². The van der Waals surface area contributed by atoms with E-state index in [2.05, 4.69) is 21.1 Å². The summed E-state index contributed by atoms with van der Waals surface area (Å²) >= 11 is 3.14. The lowest BCUT2D eigenvalue weighted by Crippen LogP contribution is -2.63. The molecular formula is C29H26BrFN2O7. The normalized spacial score (nSPS) is 25.4. The van der Waals surface area contributed by atoms with E-state index in [0.29, 0.717) is 0 Å². The van der Waals surface area contributed by atoms with Crippen LogP contribution in [0, 0.1) is 24.6 Å². The van der Waals surface area contributed by atoms with Gasteiger partial charge in [0, 0.05) is 22.6 Å². The van der Waals surface area contributed by atoms with Gasteiger partial charge in [-0.1, -0.05) is 30.3 Å². The third kappa shape index (κ3) is 3.54. The van der Waals surface area contributed by atoms with Gasteiger partial charge >= 0.3 is 0 Å². The summed E-state index contributed by atoms with van der Waals surface area (Å²) in [6.07, 6.45) is 0.0505. The number of fused-ring (bicyclic) bond motifs is 4. The Hall–Kier alpha value is -3.54. The maximum Gasteiger partial charge on any atom is 0.265 e. The summed E-state index contributed by atoms with van der Waals surface area (Å²) in [5.41, 5.74) is -2.10. The lowest BCUT2D eigenvalue weighted by atomic mass is 9.57. The van der Waals surface area contributed by atoms with Crippen molar-refractivity contribution in [2.24, 2.45) is 11.8 Å². The Morgan fingerprint density at radius 3 is 2.55 bits per heavy atom. The highest BCUT2D eigenvalue weighted by Gasteiger charge is 2.65. The first kappa shape index (κ1) is 26.7. The van der Waals surface area contributed by atoms with Crippen molar-refractivity contribution in [1.82, 2.24) is 10.1 Å². The number of aliphatic hydroxyl groups excluding tert-OH is 1. The van der Waals surface area contributed by atoms with Gasteiger partial charge in [0.15, 0.2) is 11.4 Å². The molecule has 2 aromatic carbocycles. The summed E-state index contributed by atoms with van der Waals surface area (Å²) in [4.78, 5) is 29.8. The van der Waals surface area contributed by atoms with Gasteiger partial charge in [-0.15, -0.1) is 0 Å². The fraction of sp³-hybridized carbons (Fsp3) is 0.345. The quantitative estimate of drug-likeness (QED) is 0.366. The molecule has 4 atom stereocenters. The van der Waals surface area contributed by atoms with Crippen LogP contribution in [0.5, 0.6) is 11.6 Å². The van der Waals surface area contributed by atoms with Crippen LogP contribution in [0.15, 0.2) is 44.9 Å². The van der Waals surface area contributed by atoms with Crippen molar-refractivity contribution >= 4 is 33.3 Å². The fourth-order valence-electron chi connectivity index (χ4n) is 6.45. The molecule has 1 aromatic heterocycles. The smallest absolute Gasteiger partial charge is 0.265 e. The molecule has 3 aliphatic rings. The number of carbonyl (C=O) groups excluding carboxylic acids is 2. The van der Waals surface area contributed by atoms with Gasteiger partial charge < -0.3 is 24.6 Å². The molecule has 3 aliphatic carbocycles. The highest BCUT2D eigenvalue weighted by atomic mass is 79.9. The van der Waals surface area contributed by atoms with Crippen LogP contribution in [-0.4, -0.2) is 56.6 Å². The van der Waals surface area contributed by atoms with Crippen molar-refractivity contribution in [3.05, 3.63) is 79.8 Å². The van der Waals surface area contributed by atoms with E-state index < -0.39 is 52.4 Å². The number of ketones is 2. The summed E-state index contributed by atoms with van der Waals surface area (Å²) < 4.78 is 26.8. The number of phenols is 1. The van der Waals surface area contributed by atoms with Gasteiger partial charge in [-0.2, -0.15) is 0 Å². The minimum absolute atomic E-state index is 0.0103. The Morgan fingerprint density at radius 1 is 1.18 bits per heavy atom. The van der Waals surface area contributed by atoms with Crippen LogP contribution in [0.2, 0.25) is 0 Å². The fourth-order valence-corrected chi connectivity index (χ4v) is 6.82. The van der Waals surface area contributed by atoms with Gasteiger partial charge in [-0.3, -0.25) is 14.5 Å². The number of ether oxygens (including phenoxy) is 1. The Balaban J connectivity index is 1.48. The van der Waals surface area contributed by atoms with Crippen LogP contribution in [0.3, 0.4) is 0 Å². The van der Waals surface area contributed by atoms with E-state index in [1.54, 1.807) is 19.0 Å². The number of Topliss-reactive ketones (excluding diaryl/α,β-unsaturated/α-hetero) is 2. The van der Waals surface area contributed by atoms with Gasteiger partial charge in [0.25, 0.3) is 5.88 Å². The first-order valence-corrected chi connectivity index (χ1v) is 13.5. The SMILES string of the molecule is Cc1c(F)c2c(c(O)c1Br)C(O)=C1C(=O)[C@]3(O)C(=O)c4c(OCc5ccccc5)noc4[C@@H](N(C)C)[C@@H]3C[C@@H]1C2. The molecule has 0 unspecified atom stereocenters. The van der Waals surface area contributed by atoms with Gasteiger partial charge in [0.2, 0.25) is 11.6 Å². The van der Waals surface area contributed by atoms with Crippen molar-refractivity contribution in [2.75, 3.05) is 14.1 Å². The molecule has 1 heterocycles. The molecule has 3 N–H and O–H groups in total. The number of aliphatic hydroxyl groups is 2. The van der Waals surface area contributed by atoms with Crippen molar-refractivity contribution in [3.8, 4) is 11.6 Å². The summed E-state index contributed by atoms with van der Waals surface area (Å²) in [5, 5.41) is 38.0. The molecule has 1 saturated carbocycles. The van der Waals surface area contributed by atoms with Gasteiger partial charge in [-0.05, 0) is 66.4 Å². The minimum atomic E-state index is -2.58. The summed E-state index contributed by atoms with van der Waals surface area (Å²) in [6.45, 7) is 1.56. The largest absolute Gasteiger partial charge is 0.507 e. The molecule has 11 heteroatoms. The molecular weight excluding hydrogens is 587 g/mol. The number of hydrogen-bond acceptors (Lipinski definition) is 9. The van der Waals surface area contributed by atoms with Crippen LogP contribution in [-0.2, 0) is 17.8 Å². The maximum absolute atomic E-state index is 15.3. The average Bonchev–Trinajstić information content (AvgIpc) is 3.35. The number of phenolic OH excluding ortho intramolecular Hbond substituents is 1. The molecule has 3 aromatic rings. The summed E-state index contributed by atoms with van der Waals surface area (Å²) in [6, 6.07) is 8.44. The van der Waals surface area contributed by atoms with E-state index >= 15 is 4.39 Å². The van der Waals surface area contributed by atoms with Gasteiger partial charge in [-0.25, -0.2) is 4.39 Å². The van der Waals surface area contributed by atoms with E-state index in [1.807, 2.05) is 30.3 Å². The third-order valence-electron chi connectivity index (χ3n) is 8.37. The number of hydrogen-bond donors (Lipinski definition) is 3. The number of nitrogens with zero attached hydrogens (tertiary/aromatic N) is 2. The molecule has 0 spiro atoms. The second-order valence-corrected chi connectivity index (χ2v) is 11.6. The number of benzene rings is 2. The monoisotopic (exact) mass is 612 g/mol. The number of aromatic nitrogens is 1. The van der Waals surface area contributed by atoms with Crippen molar-refractivity contribution in [2.45, 2.75) is 38.0 Å². The van der Waals surface area contributed by atoms with Crippen LogP contribution in [0.4, 0.5) is 4.39 Å². The van der Waals surface area contributed by atoms with Gasteiger partial charge in [0.1, 0.15) is 29.5 Å². The third-order valence-corrected chi connectivity index (χ3v) is 9.34. The van der Waals surface area contributed by atoms with Crippen molar-refractivity contribution in [3.63, 3.8) is 0 Å². The van der Waals surface area contributed by atoms with Gasteiger partial charge in [0.05, 0.1) is 16.1 Å². The molecule has 0 saturated heterocycles. The second-order valence-electron chi connectivity index (χ2n) is 10.8. The van der Waals surface area contributed by atoms with Crippen LogP contribution < -0.4 is 4.74 Å². The minimum Gasteiger partial charge on any atom is -0.507 e. The molecule has 9 nitrogen and oxygen atoms in total. The summed E-state index contributed by atoms with van der Waals surface area (Å²) in [7, 11) is 3.44. The zero-order chi connectivity index (χ0) is 28.7. The Bertz CT molecular complexity index is 1620. The molecule has 6 rings (SSSR count). The van der Waals surface area contributed by atoms with Crippen molar-refractivity contribution < 1.29 is 38.6 Å². The second kappa shape index (κ2) is 9.25. The van der Waals surface area contributed by atoms with Crippen molar-refractivity contribution in [1.29, 1.82) is 0 Å². The standard InChI is InChI=1S/C29H26BrFN2O7/c1-12-20(30)24(35)18-15(21(12)31)9-14-10-16-22(33(2)3)25-19(27(37)29(16,38)26(36)17(14)23(18)34)28(32-40-25)39-11-13-7-5-4-6-8-13/h4-8,14,16,22,34-35,38H,9-11H2,1-3H3/t14-,16-,22-,29-/m0/s1. The number of carbonyl (C=O) groups is 2. The topological polar surface area (TPSA) is 133 Å². The molecule has 0 amide bonds. The van der Waals surface area contributed by atoms with Crippen LogP contribution in [0.1, 0.15) is 50.8 Å². The zero-order valence-electron chi connectivity index (χ0n) is 21.9. The predicted octanol–water partition coefficient (Wildman–Crippen LogP) is 4.43. The first-order valence-electron chi connectivity index (χ1n) is 12.8. The molecule has 0 aliphatic heterocycles. The molecule has 1 fully saturated rings. The molecule has 0 radical (unpaired) electrons. The Kier molecular flexibility index (Phi) is 6.17. The molecule has 0 bridgehead atoms. The van der Waals surface area contributed by atoms with E-state index in [1.165, 1.54) is 6.92 Å². The highest BCUT2D eigenvalue weighted by Crippen LogP contribution is 2.56. The molecule has 40 heavy (non-hydrogen) atoms. The number of rotatable bonds is 4. The lowest BCUT2D eigenvalue weighted by Gasteiger charge is -2.49. The Labute approximate surface area is 237 Å². The Morgan fingerprint density at radius 2 is 1.88 bits per heavy atom. The van der Waals surface area contributed by atoms with Crippen LogP contribution >= 0.6 is 15.9 Å². The molecule has 208 valence electrons. The number of aromatic hydroxyl groups is 1.